The highest BCUT2D eigenvalue weighted by Crippen LogP contribution is 2.38. The monoisotopic (exact) mass is 184 g/mol. The lowest BCUT2D eigenvalue weighted by molar-refractivity contribution is 0.396. The Kier molecular flexibility index (Phi) is 3.14. The molecule has 0 saturated heterocycles. The molecule has 13 heavy (non-hydrogen) atoms. The molecule has 4 N–H and O–H groups in total. The number of rotatable bonds is 3. The Balaban J connectivity index is 2.48. The van der Waals surface area contributed by atoms with Gasteiger partial charge in [-0.15, -0.1) is 0 Å². The van der Waals surface area contributed by atoms with Crippen LogP contribution in [0.5, 0.6) is 0 Å². The van der Waals surface area contributed by atoms with Gasteiger partial charge in [-0.3, -0.25) is 10.4 Å². The summed E-state index contributed by atoms with van der Waals surface area (Å²) in [6.07, 6.45) is 2.62. The van der Waals surface area contributed by atoms with Crippen molar-refractivity contribution in [2.24, 2.45) is 16.8 Å². The van der Waals surface area contributed by atoms with E-state index in [1.165, 1.54) is 12.8 Å². The molecule has 0 radical (unpaired) electrons. The van der Waals surface area contributed by atoms with E-state index in [9.17, 15) is 0 Å². The summed E-state index contributed by atoms with van der Waals surface area (Å²) in [5.41, 5.74) is 2.69. The smallest absolute Gasteiger partial charge is 0.206 e. The SMILES string of the molecule is CCN=C(NN)NC(C)(C)C1CC1. The van der Waals surface area contributed by atoms with Gasteiger partial charge in [0.1, 0.15) is 0 Å². The molecule has 0 aliphatic heterocycles. The van der Waals surface area contributed by atoms with Gasteiger partial charge >= 0.3 is 0 Å². The van der Waals surface area contributed by atoms with E-state index in [-0.39, 0.29) is 5.54 Å². The van der Waals surface area contributed by atoms with Crippen LogP contribution >= 0.6 is 0 Å². The molecule has 4 nitrogen and oxygen atoms in total. The molecule has 76 valence electrons. The first-order valence-corrected chi connectivity index (χ1v) is 4.89. The average Bonchev–Trinajstić information content (AvgIpc) is 2.85. The summed E-state index contributed by atoms with van der Waals surface area (Å²) in [7, 11) is 0. The van der Waals surface area contributed by atoms with Gasteiger partial charge in [0.15, 0.2) is 0 Å². The van der Waals surface area contributed by atoms with Crippen LogP contribution in [0, 0.1) is 5.92 Å². The van der Waals surface area contributed by atoms with E-state index in [0.717, 1.165) is 12.5 Å². The second kappa shape index (κ2) is 3.96. The second-order valence-electron chi connectivity index (χ2n) is 4.09. The predicted molar refractivity (Wildman–Crippen MR) is 55.2 cm³/mol. The number of nitrogens with zero attached hydrogens (tertiary/aromatic N) is 1. The van der Waals surface area contributed by atoms with Crippen molar-refractivity contribution in [3.8, 4) is 0 Å². The molecule has 0 aromatic heterocycles. The summed E-state index contributed by atoms with van der Waals surface area (Å²) in [4.78, 5) is 4.21. The van der Waals surface area contributed by atoms with Crippen molar-refractivity contribution in [2.45, 2.75) is 39.2 Å². The maximum Gasteiger partial charge on any atom is 0.206 e. The van der Waals surface area contributed by atoms with Crippen LogP contribution in [0.1, 0.15) is 33.6 Å². The fraction of sp³-hybridized carbons (Fsp3) is 0.889. The predicted octanol–water partition coefficient (Wildman–Crippen LogP) is 0.604. The average molecular weight is 184 g/mol. The minimum Gasteiger partial charge on any atom is -0.350 e. The van der Waals surface area contributed by atoms with Gasteiger partial charge in [-0.25, -0.2) is 5.84 Å². The molecule has 0 heterocycles. The minimum atomic E-state index is 0.111. The van der Waals surface area contributed by atoms with Crippen LogP contribution in [0.3, 0.4) is 0 Å². The normalized spacial score (nSPS) is 18.6. The van der Waals surface area contributed by atoms with Crippen LogP contribution in [0.25, 0.3) is 0 Å². The Morgan fingerprint density at radius 3 is 2.54 bits per heavy atom. The molecule has 0 spiro atoms. The Hall–Kier alpha value is -0.770. The van der Waals surface area contributed by atoms with Gasteiger partial charge in [0.25, 0.3) is 0 Å². The summed E-state index contributed by atoms with van der Waals surface area (Å²) in [6.45, 7) is 7.11. The molecule has 0 amide bonds. The quantitative estimate of drug-likeness (QED) is 0.260. The van der Waals surface area contributed by atoms with Crippen molar-refractivity contribution >= 4 is 5.96 Å². The van der Waals surface area contributed by atoms with Crippen molar-refractivity contribution < 1.29 is 0 Å². The van der Waals surface area contributed by atoms with Crippen LogP contribution in [-0.2, 0) is 0 Å². The van der Waals surface area contributed by atoms with Gasteiger partial charge in [-0.1, -0.05) is 0 Å². The number of nitrogens with one attached hydrogen (secondary N) is 2. The topological polar surface area (TPSA) is 62.4 Å². The lowest BCUT2D eigenvalue weighted by Gasteiger charge is -2.27. The van der Waals surface area contributed by atoms with Crippen molar-refractivity contribution in [1.29, 1.82) is 0 Å². The van der Waals surface area contributed by atoms with Crippen molar-refractivity contribution in [2.75, 3.05) is 6.54 Å². The molecule has 4 heteroatoms. The molecule has 0 bridgehead atoms. The van der Waals surface area contributed by atoms with E-state index in [2.05, 4.69) is 29.6 Å². The first-order valence-electron chi connectivity index (χ1n) is 4.89. The second-order valence-corrected chi connectivity index (χ2v) is 4.09. The summed E-state index contributed by atoms with van der Waals surface area (Å²) >= 11 is 0. The third-order valence-electron chi connectivity index (χ3n) is 2.49. The van der Waals surface area contributed by atoms with E-state index in [1.807, 2.05) is 6.92 Å². The maximum atomic E-state index is 5.34. The molecule has 1 saturated carbocycles. The third kappa shape index (κ3) is 2.88. The number of nitrogens with two attached hydrogens (primary N) is 1. The summed E-state index contributed by atoms with van der Waals surface area (Å²) < 4.78 is 0. The molecule has 1 aliphatic rings. The maximum absolute atomic E-state index is 5.34. The molecule has 0 unspecified atom stereocenters. The third-order valence-corrected chi connectivity index (χ3v) is 2.49. The Morgan fingerprint density at radius 1 is 1.54 bits per heavy atom. The zero-order valence-corrected chi connectivity index (χ0v) is 8.72. The molecule has 0 aromatic carbocycles. The highest BCUT2D eigenvalue weighted by atomic mass is 15.3. The minimum absolute atomic E-state index is 0.111. The highest BCUT2D eigenvalue weighted by molar-refractivity contribution is 5.79. The van der Waals surface area contributed by atoms with Gasteiger partial charge in [-0.05, 0) is 39.5 Å². The number of aliphatic imine (C=N–C) groups is 1. The molecule has 1 rings (SSSR count). The van der Waals surface area contributed by atoms with E-state index >= 15 is 0 Å². The van der Waals surface area contributed by atoms with Gasteiger partial charge in [0.2, 0.25) is 5.96 Å². The summed E-state index contributed by atoms with van der Waals surface area (Å²) in [5, 5.41) is 3.32. The standard InChI is InChI=1S/C9H20N4/c1-4-11-8(13-10)12-9(2,3)7-5-6-7/h7H,4-6,10H2,1-3H3,(H2,11,12,13). The molecule has 1 aliphatic carbocycles. The van der Waals surface area contributed by atoms with Crippen LogP contribution < -0.4 is 16.6 Å². The molecular formula is C9H20N4. The first-order chi connectivity index (χ1) is 6.10. The van der Waals surface area contributed by atoms with Crippen LogP contribution in [0.15, 0.2) is 4.99 Å². The molecule has 0 atom stereocenters. The summed E-state index contributed by atoms with van der Waals surface area (Å²) in [5.74, 6) is 6.80. The van der Waals surface area contributed by atoms with Crippen molar-refractivity contribution in [3.05, 3.63) is 0 Å². The number of hydrazine groups is 1. The fourth-order valence-electron chi connectivity index (χ4n) is 1.49. The van der Waals surface area contributed by atoms with Crippen molar-refractivity contribution in [3.63, 3.8) is 0 Å². The van der Waals surface area contributed by atoms with E-state index < -0.39 is 0 Å². The fourth-order valence-corrected chi connectivity index (χ4v) is 1.49. The lowest BCUT2D eigenvalue weighted by Crippen LogP contribution is -2.52. The summed E-state index contributed by atoms with van der Waals surface area (Å²) in [6, 6.07) is 0. The zero-order valence-electron chi connectivity index (χ0n) is 8.72. The number of guanidine groups is 1. The van der Waals surface area contributed by atoms with Crippen LogP contribution in [-0.4, -0.2) is 18.0 Å². The Bertz CT molecular complexity index is 194. The van der Waals surface area contributed by atoms with Crippen molar-refractivity contribution in [1.82, 2.24) is 10.7 Å². The van der Waals surface area contributed by atoms with Gasteiger partial charge in [0.05, 0.1) is 0 Å². The van der Waals surface area contributed by atoms with Gasteiger partial charge in [-0.2, -0.15) is 0 Å². The van der Waals surface area contributed by atoms with E-state index in [4.69, 9.17) is 5.84 Å². The molecular weight excluding hydrogens is 164 g/mol. The molecule has 1 fully saturated rings. The highest BCUT2D eigenvalue weighted by Gasteiger charge is 2.38. The van der Waals surface area contributed by atoms with E-state index in [1.54, 1.807) is 0 Å². The lowest BCUT2D eigenvalue weighted by atomic mass is 9.99. The number of hydrogen-bond acceptors (Lipinski definition) is 2. The van der Waals surface area contributed by atoms with Gasteiger partial charge < -0.3 is 5.32 Å². The van der Waals surface area contributed by atoms with Crippen LogP contribution in [0.2, 0.25) is 0 Å². The Labute approximate surface area is 80.0 Å². The Morgan fingerprint density at radius 2 is 2.15 bits per heavy atom. The molecule has 0 aromatic rings. The van der Waals surface area contributed by atoms with E-state index in [0.29, 0.717) is 5.96 Å². The largest absolute Gasteiger partial charge is 0.350 e. The zero-order chi connectivity index (χ0) is 9.90. The first kappa shape index (κ1) is 10.3. The van der Waals surface area contributed by atoms with Gasteiger partial charge in [0, 0.05) is 12.1 Å². The number of hydrogen-bond donors (Lipinski definition) is 3. The van der Waals surface area contributed by atoms with Crippen LogP contribution in [0.4, 0.5) is 0 Å².